The number of nitrogens with one attached hydrogen (secondary N) is 1. The van der Waals surface area contributed by atoms with Crippen LogP contribution >= 0.6 is 0 Å². The van der Waals surface area contributed by atoms with Gasteiger partial charge in [0, 0.05) is 38.5 Å². The van der Waals surface area contributed by atoms with E-state index in [1.165, 1.54) is 19.5 Å². The van der Waals surface area contributed by atoms with E-state index in [4.69, 9.17) is 5.11 Å². The van der Waals surface area contributed by atoms with E-state index in [0.29, 0.717) is 6.04 Å². The van der Waals surface area contributed by atoms with E-state index in [1.54, 1.807) is 4.68 Å². The van der Waals surface area contributed by atoms with Crippen molar-refractivity contribution >= 4 is 0 Å². The highest BCUT2D eigenvalue weighted by molar-refractivity contribution is 4.92. The summed E-state index contributed by atoms with van der Waals surface area (Å²) in [6, 6.07) is 0.659. The van der Waals surface area contributed by atoms with Gasteiger partial charge in [-0.2, -0.15) is 0 Å². The van der Waals surface area contributed by atoms with E-state index in [9.17, 15) is 0 Å². The third kappa shape index (κ3) is 4.54. The topological polar surface area (TPSA) is 66.2 Å². The summed E-state index contributed by atoms with van der Waals surface area (Å²) in [4.78, 5) is 2.54. The van der Waals surface area contributed by atoms with Crippen LogP contribution in [0.4, 0.5) is 0 Å². The SMILES string of the molecule is CC(C)N1CCC(CNCc2cn(CCCO)nn2)C1. The molecule has 2 rings (SSSR count). The van der Waals surface area contributed by atoms with Gasteiger partial charge < -0.3 is 15.3 Å². The van der Waals surface area contributed by atoms with Gasteiger partial charge in [-0.05, 0) is 45.7 Å². The number of rotatable bonds is 8. The lowest BCUT2D eigenvalue weighted by Gasteiger charge is -2.20. The van der Waals surface area contributed by atoms with Crippen LogP contribution in [0.15, 0.2) is 6.20 Å². The molecule has 6 heteroatoms. The molecule has 1 unspecified atom stereocenters. The molecule has 1 saturated heterocycles. The standard InChI is InChI=1S/C14H27N5O/c1-12(2)18-6-4-13(10-18)8-15-9-14-11-19(17-16-14)5-3-7-20/h11-13,15,20H,3-10H2,1-2H3. The highest BCUT2D eigenvalue weighted by Crippen LogP contribution is 2.17. The summed E-state index contributed by atoms with van der Waals surface area (Å²) in [7, 11) is 0. The zero-order valence-electron chi connectivity index (χ0n) is 12.6. The van der Waals surface area contributed by atoms with E-state index < -0.39 is 0 Å². The number of aryl methyl sites for hydroxylation is 1. The molecule has 0 amide bonds. The quantitative estimate of drug-likeness (QED) is 0.725. The van der Waals surface area contributed by atoms with Crippen LogP contribution in [0, 0.1) is 5.92 Å². The van der Waals surface area contributed by atoms with Crippen LogP contribution in [-0.4, -0.2) is 57.3 Å². The van der Waals surface area contributed by atoms with Crippen molar-refractivity contribution in [2.45, 2.75) is 45.8 Å². The summed E-state index contributed by atoms with van der Waals surface area (Å²) in [5, 5.41) is 20.4. The van der Waals surface area contributed by atoms with Crippen molar-refractivity contribution in [3.63, 3.8) is 0 Å². The van der Waals surface area contributed by atoms with Crippen molar-refractivity contribution in [3.05, 3.63) is 11.9 Å². The normalized spacial score (nSPS) is 20.1. The van der Waals surface area contributed by atoms with Crippen molar-refractivity contribution in [2.75, 3.05) is 26.2 Å². The first kappa shape index (κ1) is 15.4. The van der Waals surface area contributed by atoms with E-state index in [1.807, 2.05) is 6.20 Å². The first-order chi connectivity index (χ1) is 9.69. The maximum absolute atomic E-state index is 8.78. The van der Waals surface area contributed by atoms with Gasteiger partial charge in [0.05, 0.1) is 5.69 Å². The molecule has 1 aromatic rings. The van der Waals surface area contributed by atoms with E-state index in [0.717, 1.165) is 37.7 Å². The third-order valence-corrected chi connectivity index (χ3v) is 3.92. The second kappa shape index (κ2) is 7.71. The molecule has 1 aromatic heterocycles. The fourth-order valence-corrected chi connectivity index (χ4v) is 2.66. The van der Waals surface area contributed by atoms with Gasteiger partial charge in [0.15, 0.2) is 0 Å². The molecule has 20 heavy (non-hydrogen) atoms. The summed E-state index contributed by atoms with van der Waals surface area (Å²) in [6.45, 7) is 9.71. The van der Waals surface area contributed by atoms with Crippen LogP contribution in [0.2, 0.25) is 0 Å². The minimum absolute atomic E-state index is 0.196. The van der Waals surface area contributed by atoms with Crippen molar-refractivity contribution in [1.29, 1.82) is 0 Å². The number of hydrogen-bond acceptors (Lipinski definition) is 5. The van der Waals surface area contributed by atoms with Gasteiger partial charge in [-0.1, -0.05) is 5.21 Å². The second-order valence-electron chi connectivity index (χ2n) is 5.92. The second-order valence-corrected chi connectivity index (χ2v) is 5.92. The van der Waals surface area contributed by atoms with Gasteiger partial charge in [-0.15, -0.1) is 5.10 Å². The first-order valence-electron chi connectivity index (χ1n) is 7.63. The Hall–Kier alpha value is -0.980. The lowest BCUT2D eigenvalue weighted by Crippen LogP contribution is -2.30. The molecule has 0 aromatic carbocycles. The minimum atomic E-state index is 0.196. The van der Waals surface area contributed by atoms with Gasteiger partial charge in [-0.25, -0.2) is 0 Å². The molecular formula is C14H27N5O. The average molecular weight is 281 g/mol. The van der Waals surface area contributed by atoms with Crippen LogP contribution in [-0.2, 0) is 13.1 Å². The number of nitrogens with zero attached hydrogens (tertiary/aromatic N) is 4. The van der Waals surface area contributed by atoms with E-state index >= 15 is 0 Å². The molecule has 2 heterocycles. The fourth-order valence-electron chi connectivity index (χ4n) is 2.66. The molecule has 1 atom stereocenters. The van der Waals surface area contributed by atoms with Crippen LogP contribution in [0.3, 0.4) is 0 Å². The smallest absolute Gasteiger partial charge is 0.0964 e. The van der Waals surface area contributed by atoms with Crippen molar-refractivity contribution in [3.8, 4) is 0 Å². The largest absolute Gasteiger partial charge is 0.396 e. The number of likely N-dealkylation sites (tertiary alicyclic amines) is 1. The lowest BCUT2D eigenvalue weighted by molar-refractivity contribution is 0.264. The highest BCUT2D eigenvalue weighted by Gasteiger charge is 2.23. The van der Waals surface area contributed by atoms with E-state index in [-0.39, 0.29) is 6.61 Å². The molecule has 0 saturated carbocycles. The number of aliphatic hydroxyl groups excluding tert-OH is 1. The zero-order chi connectivity index (χ0) is 14.4. The van der Waals surface area contributed by atoms with Crippen molar-refractivity contribution in [1.82, 2.24) is 25.2 Å². The predicted molar refractivity (Wildman–Crippen MR) is 78.2 cm³/mol. The Kier molecular flexibility index (Phi) is 5.94. The average Bonchev–Trinajstić information content (AvgIpc) is 3.06. The van der Waals surface area contributed by atoms with Gasteiger partial charge >= 0.3 is 0 Å². The maximum atomic E-state index is 8.78. The Bertz CT molecular complexity index is 393. The lowest BCUT2D eigenvalue weighted by atomic mass is 10.1. The summed E-state index contributed by atoms with van der Waals surface area (Å²) in [5.41, 5.74) is 0.974. The summed E-state index contributed by atoms with van der Waals surface area (Å²) in [6.07, 6.45) is 3.97. The van der Waals surface area contributed by atoms with Gasteiger partial charge in [0.25, 0.3) is 0 Å². The van der Waals surface area contributed by atoms with Crippen LogP contribution in [0.5, 0.6) is 0 Å². The Labute approximate surface area is 121 Å². The molecule has 0 spiro atoms. The molecule has 1 aliphatic heterocycles. The van der Waals surface area contributed by atoms with E-state index in [2.05, 4.69) is 34.4 Å². The Morgan fingerprint density at radius 1 is 1.50 bits per heavy atom. The minimum Gasteiger partial charge on any atom is -0.396 e. The number of aromatic nitrogens is 3. The molecule has 0 bridgehead atoms. The Morgan fingerprint density at radius 2 is 2.35 bits per heavy atom. The Morgan fingerprint density at radius 3 is 3.05 bits per heavy atom. The molecule has 114 valence electrons. The molecular weight excluding hydrogens is 254 g/mol. The maximum Gasteiger partial charge on any atom is 0.0964 e. The zero-order valence-corrected chi connectivity index (χ0v) is 12.6. The summed E-state index contributed by atoms with van der Waals surface area (Å²) < 4.78 is 1.79. The highest BCUT2D eigenvalue weighted by atomic mass is 16.3. The monoisotopic (exact) mass is 281 g/mol. The first-order valence-corrected chi connectivity index (χ1v) is 7.63. The van der Waals surface area contributed by atoms with Gasteiger partial charge in [0.2, 0.25) is 0 Å². The predicted octanol–water partition coefficient (Wildman–Crippen LogP) is 0.480. The Balaban J connectivity index is 1.65. The fraction of sp³-hybridized carbons (Fsp3) is 0.857. The molecule has 2 N–H and O–H groups in total. The van der Waals surface area contributed by atoms with Crippen LogP contribution < -0.4 is 5.32 Å². The molecule has 0 aliphatic carbocycles. The third-order valence-electron chi connectivity index (χ3n) is 3.92. The van der Waals surface area contributed by atoms with Gasteiger partial charge in [0.1, 0.15) is 0 Å². The molecule has 0 radical (unpaired) electrons. The number of hydrogen-bond donors (Lipinski definition) is 2. The summed E-state index contributed by atoms with van der Waals surface area (Å²) >= 11 is 0. The van der Waals surface area contributed by atoms with Crippen molar-refractivity contribution in [2.24, 2.45) is 5.92 Å². The van der Waals surface area contributed by atoms with Gasteiger partial charge in [-0.3, -0.25) is 4.68 Å². The van der Waals surface area contributed by atoms with Crippen molar-refractivity contribution < 1.29 is 5.11 Å². The van der Waals surface area contributed by atoms with Crippen LogP contribution in [0.1, 0.15) is 32.4 Å². The van der Waals surface area contributed by atoms with Crippen LogP contribution in [0.25, 0.3) is 0 Å². The molecule has 1 aliphatic rings. The summed E-state index contributed by atoms with van der Waals surface area (Å²) in [5.74, 6) is 0.752. The number of aliphatic hydroxyl groups is 1. The molecule has 6 nitrogen and oxygen atoms in total. The molecule has 1 fully saturated rings.